The molecule has 0 amide bonds. The quantitative estimate of drug-likeness (QED) is 0.610. The first kappa shape index (κ1) is 14.7. The highest BCUT2D eigenvalue weighted by atomic mass is 35.5. The lowest BCUT2D eigenvalue weighted by atomic mass is 9.74. The lowest BCUT2D eigenvalue weighted by Gasteiger charge is -2.33. The van der Waals surface area contributed by atoms with Gasteiger partial charge in [-0.25, -0.2) is 0 Å². The Balaban J connectivity index is 2.10. The molecular formula is C17H25ClO. The number of fused-ring (bicyclic) bond motifs is 1. The summed E-state index contributed by atoms with van der Waals surface area (Å²) in [5.74, 6) is 2.36. The number of para-hydroxylation sites is 1. The summed E-state index contributed by atoms with van der Waals surface area (Å²) in [6.07, 6.45) is 6.08. The highest BCUT2D eigenvalue weighted by Gasteiger charge is 2.34. The Bertz CT molecular complexity index is 398. The minimum absolute atomic E-state index is 0.281. The maximum absolute atomic E-state index is 6.32. The average Bonchev–Trinajstić information content (AvgIpc) is 2.87. The van der Waals surface area contributed by atoms with E-state index >= 15 is 0 Å². The van der Waals surface area contributed by atoms with Gasteiger partial charge in [-0.3, -0.25) is 0 Å². The molecule has 0 fully saturated rings. The SMILES string of the molecule is CCCCC(CC)(CCl)CC1COc2ccccc21. The standard InChI is InChI=1S/C17H25ClO/c1-3-5-10-17(4-2,13-18)11-14-12-19-16-9-7-6-8-15(14)16/h6-9,14H,3-5,10-13H2,1-2H3. The molecule has 0 spiro atoms. The van der Waals surface area contributed by atoms with Gasteiger partial charge >= 0.3 is 0 Å². The molecule has 1 nitrogen and oxygen atoms in total. The molecule has 2 unspecified atom stereocenters. The molecule has 0 radical (unpaired) electrons. The van der Waals surface area contributed by atoms with Crippen LogP contribution < -0.4 is 4.74 Å². The molecule has 0 aromatic heterocycles. The number of rotatable bonds is 7. The van der Waals surface area contributed by atoms with E-state index in [0.717, 1.165) is 31.1 Å². The van der Waals surface area contributed by atoms with Gasteiger partial charge < -0.3 is 4.74 Å². The fourth-order valence-corrected chi connectivity index (χ4v) is 3.54. The predicted molar refractivity (Wildman–Crippen MR) is 82.3 cm³/mol. The van der Waals surface area contributed by atoms with Crippen molar-refractivity contribution in [2.45, 2.75) is 51.9 Å². The van der Waals surface area contributed by atoms with E-state index in [9.17, 15) is 0 Å². The van der Waals surface area contributed by atoms with E-state index in [1.807, 2.05) is 6.07 Å². The van der Waals surface area contributed by atoms with E-state index in [1.165, 1.54) is 24.8 Å². The Labute approximate surface area is 122 Å². The first-order valence-corrected chi connectivity index (χ1v) is 8.06. The number of hydrogen-bond acceptors (Lipinski definition) is 1. The molecule has 0 saturated carbocycles. The van der Waals surface area contributed by atoms with Crippen molar-refractivity contribution in [2.24, 2.45) is 5.41 Å². The molecule has 2 atom stereocenters. The van der Waals surface area contributed by atoms with E-state index in [1.54, 1.807) is 0 Å². The Hall–Kier alpha value is -0.690. The molecule has 19 heavy (non-hydrogen) atoms. The Morgan fingerprint density at radius 3 is 2.79 bits per heavy atom. The van der Waals surface area contributed by atoms with Crippen LogP contribution in [-0.2, 0) is 0 Å². The summed E-state index contributed by atoms with van der Waals surface area (Å²) in [5, 5.41) is 0. The van der Waals surface area contributed by atoms with Gasteiger partial charge in [0, 0.05) is 17.4 Å². The zero-order valence-electron chi connectivity index (χ0n) is 12.1. The molecule has 0 saturated heterocycles. The van der Waals surface area contributed by atoms with Gasteiger partial charge in [0.25, 0.3) is 0 Å². The normalized spacial score (nSPS) is 20.7. The number of hydrogen-bond donors (Lipinski definition) is 0. The van der Waals surface area contributed by atoms with Crippen molar-refractivity contribution in [3.63, 3.8) is 0 Å². The number of benzene rings is 1. The molecule has 106 valence electrons. The van der Waals surface area contributed by atoms with Crippen LogP contribution in [0.25, 0.3) is 0 Å². The van der Waals surface area contributed by atoms with Crippen LogP contribution in [0.4, 0.5) is 0 Å². The highest BCUT2D eigenvalue weighted by Crippen LogP contribution is 2.44. The number of ether oxygens (including phenoxy) is 1. The minimum atomic E-state index is 0.281. The van der Waals surface area contributed by atoms with Crippen molar-refractivity contribution < 1.29 is 4.74 Å². The summed E-state index contributed by atoms with van der Waals surface area (Å²) in [5.41, 5.74) is 1.66. The van der Waals surface area contributed by atoms with Crippen molar-refractivity contribution >= 4 is 11.6 Å². The summed E-state index contributed by atoms with van der Waals surface area (Å²) >= 11 is 6.32. The van der Waals surface area contributed by atoms with Crippen LogP contribution in [0, 0.1) is 5.41 Å². The fraction of sp³-hybridized carbons (Fsp3) is 0.647. The van der Waals surface area contributed by atoms with E-state index < -0.39 is 0 Å². The van der Waals surface area contributed by atoms with Crippen molar-refractivity contribution in [3.05, 3.63) is 29.8 Å². The second kappa shape index (κ2) is 6.65. The fourth-order valence-electron chi connectivity index (χ4n) is 3.11. The maximum Gasteiger partial charge on any atom is 0.122 e. The van der Waals surface area contributed by atoms with Gasteiger partial charge in [-0.05, 0) is 30.7 Å². The number of alkyl halides is 1. The van der Waals surface area contributed by atoms with Crippen LogP contribution >= 0.6 is 11.6 Å². The Morgan fingerprint density at radius 2 is 2.11 bits per heavy atom. The lowest BCUT2D eigenvalue weighted by molar-refractivity contribution is 0.216. The predicted octanol–water partition coefficient (Wildman–Crippen LogP) is 5.38. The molecule has 2 heteroatoms. The smallest absolute Gasteiger partial charge is 0.122 e. The molecular weight excluding hydrogens is 256 g/mol. The Kier molecular flexibility index (Phi) is 5.15. The third kappa shape index (κ3) is 3.25. The highest BCUT2D eigenvalue weighted by molar-refractivity contribution is 6.18. The van der Waals surface area contributed by atoms with Gasteiger partial charge in [0.05, 0.1) is 6.61 Å². The van der Waals surface area contributed by atoms with Gasteiger partial charge in [0.15, 0.2) is 0 Å². The third-order valence-electron chi connectivity index (χ3n) is 4.57. The average molecular weight is 281 g/mol. The third-order valence-corrected chi connectivity index (χ3v) is 5.14. The molecule has 1 aromatic rings. The molecule has 1 heterocycles. The van der Waals surface area contributed by atoms with Crippen molar-refractivity contribution in [2.75, 3.05) is 12.5 Å². The summed E-state index contributed by atoms with van der Waals surface area (Å²) in [6.45, 7) is 5.35. The minimum Gasteiger partial charge on any atom is -0.493 e. The second-order valence-electron chi connectivity index (χ2n) is 5.84. The second-order valence-corrected chi connectivity index (χ2v) is 6.11. The molecule has 0 bridgehead atoms. The monoisotopic (exact) mass is 280 g/mol. The van der Waals surface area contributed by atoms with E-state index in [0.29, 0.717) is 5.92 Å². The van der Waals surface area contributed by atoms with E-state index in [-0.39, 0.29) is 5.41 Å². The summed E-state index contributed by atoms with van der Waals surface area (Å²) < 4.78 is 5.81. The van der Waals surface area contributed by atoms with Crippen LogP contribution in [0.5, 0.6) is 5.75 Å². The van der Waals surface area contributed by atoms with Crippen LogP contribution in [-0.4, -0.2) is 12.5 Å². The molecule has 1 aliphatic heterocycles. The summed E-state index contributed by atoms with van der Waals surface area (Å²) in [7, 11) is 0. The van der Waals surface area contributed by atoms with Crippen LogP contribution in [0.1, 0.15) is 57.4 Å². The number of halogens is 1. The first-order valence-electron chi connectivity index (χ1n) is 7.52. The lowest BCUT2D eigenvalue weighted by Crippen LogP contribution is -2.25. The van der Waals surface area contributed by atoms with Crippen LogP contribution in [0.3, 0.4) is 0 Å². The van der Waals surface area contributed by atoms with E-state index in [4.69, 9.17) is 16.3 Å². The number of unbranched alkanes of at least 4 members (excludes halogenated alkanes) is 1. The maximum atomic E-state index is 6.32. The van der Waals surface area contributed by atoms with Gasteiger partial charge in [0.1, 0.15) is 5.75 Å². The van der Waals surface area contributed by atoms with E-state index in [2.05, 4.69) is 32.0 Å². The van der Waals surface area contributed by atoms with Crippen molar-refractivity contribution in [1.29, 1.82) is 0 Å². The van der Waals surface area contributed by atoms with Crippen molar-refractivity contribution in [1.82, 2.24) is 0 Å². The molecule has 0 aliphatic carbocycles. The topological polar surface area (TPSA) is 9.23 Å². The molecule has 1 aliphatic rings. The molecule has 2 rings (SSSR count). The molecule has 0 N–H and O–H groups in total. The summed E-state index contributed by atoms with van der Waals surface area (Å²) in [6, 6.07) is 8.45. The van der Waals surface area contributed by atoms with Gasteiger partial charge in [-0.2, -0.15) is 0 Å². The Morgan fingerprint density at radius 1 is 1.32 bits per heavy atom. The van der Waals surface area contributed by atoms with Gasteiger partial charge in [0.2, 0.25) is 0 Å². The van der Waals surface area contributed by atoms with Crippen LogP contribution in [0.2, 0.25) is 0 Å². The first-order chi connectivity index (χ1) is 9.24. The zero-order chi connectivity index (χ0) is 13.7. The van der Waals surface area contributed by atoms with Crippen LogP contribution in [0.15, 0.2) is 24.3 Å². The van der Waals surface area contributed by atoms with Gasteiger partial charge in [-0.1, -0.05) is 44.9 Å². The summed E-state index contributed by atoms with van der Waals surface area (Å²) in [4.78, 5) is 0. The van der Waals surface area contributed by atoms with Crippen molar-refractivity contribution in [3.8, 4) is 5.75 Å². The largest absolute Gasteiger partial charge is 0.493 e. The van der Waals surface area contributed by atoms with Gasteiger partial charge in [-0.15, -0.1) is 11.6 Å². The molecule has 1 aromatic carbocycles. The zero-order valence-corrected chi connectivity index (χ0v) is 12.9.